The number of nitrogens with one attached hydrogen (secondary N) is 1. The first-order chi connectivity index (χ1) is 9.58. The number of aromatic nitrogens is 1. The van der Waals surface area contributed by atoms with Gasteiger partial charge in [0.1, 0.15) is 0 Å². The summed E-state index contributed by atoms with van der Waals surface area (Å²) in [4.78, 5) is 5.94. The molecule has 1 spiro atoms. The van der Waals surface area contributed by atoms with Gasteiger partial charge in [-0.15, -0.1) is 11.3 Å². The highest BCUT2D eigenvalue weighted by atomic mass is 32.2. The van der Waals surface area contributed by atoms with Crippen LogP contribution in [0.3, 0.4) is 0 Å². The van der Waals surface area contributed by atoms with Crippen molar-refractivity contribution < 1.29 is 4.74 Å². The van der Waals surface area contributed by atoms with Crippen molar-refractivity contribution in [2.75, 3.05) is 18.1 Å². The summed E-state index contributed by atoms with van der Waals surface area (Å²) in [6, 6.07) is 0.981. The molecule has 3 heterocycles. The van der Waals surface area contributed by atoms with E-state index in [9.17, 15) is 0 Å². The third-order valence-electron chi connectivity index (χ3n) is 4.38. The molecule has 112 valence electrons. The van der Waals surface area contributed by atoms with Crippen LogP contribution in [-0.4, -0.2) is 34.7 Å². The number of ether oxygens (including phenoxy) is 1. The van der Waals surface area contributed by atoms with Crippen LogP contribution in [0.1, 0.15) is 47.8 Å². The van der Waals surface area contributed by atoms with E-state index in [2.05, 4.69) is 31.1 Å². The Balaban J connectivity index is 1.63. The van der Waals surface area contributed by atoms with Gasteiger partial charge in [0.15, 0.2) is 0 Å². The normalized spacial score (nSPS) is 31.9. The fourth-order valence-electron chi connectivity index (χ4n) is 3.41. The molecule has 20 heavy (non-hydrogen) atoms. The highest BCUT2D eigenvalue weighted by Gasteiger charge is 2.40. The Morgan fingerprint density at radius 3 is 2.95 bits per heavy atom. The second-order valence-corrected chi connectivity index (χ2v) is 8.43. The molecule has 1 aromatic heterocycles. The average Bonchev–Trinajstić information content (AvgIpc) is 2.96. The van der Waals surface area contributed by atoms with Gasteiger partial charge in [-0.25, -0.2) is 4.98 Å². The van der Waals surface area contributed by atoms with Crippen LogP contribution in [0.2, 0.25) is 0 Å². The summed E-state index contributed by atoms with van der Waals surface area (Å²) in [5.41, 5.74) is 1.35. The first kappa shape index (κ1) is 14.8. The lowest BCUT2D eigenvalue weighted by atomic mass is 9.89. The van der Waals surface area contributed by atoms with Crippen LogP contribution < -0.4 is 5.32 Å². The van der Waals surface area contributed by atoms with E-state index in [0.717, 1.165) is 13.0 Å². The molecule has 0 radical (unpaired) electrons. The van der Waals surface area contributed by atoms with E-state index in [0.29, 0.717) is 12.1 Å². The van der Waals surface area contributed by atoms with Crippen molar-refractivity contribution in [3.8, 4) is 0 Å². The lowest BCUT2D eigenvalue weighted by Crippen LogP contribution is -2.47. The Hall–Kier alpha value is -0.100. The summed E-state index contributed by atoms with van der Waals surface area (Å²) in [5, 5.41) is 4.99. The quantitative estimate of drug-likeness (QED) is 0.927. The van der Waals surface area contributed by atoms with Crippen LogP contribution >= 0.6 is 23.1 Å². The highest BCUT2D eigenvalue weighted by Crippen LogP contribution is 2.39. The molecule has 2 aliphatic rings. The Labute approximate surface area is 129 Å². The summed E-state index contributed by atoms with van der Waals surface area (Å²) in [6.07, 6.45) is 3.53. The van der Waals surface area contributed by atoms with Crippen molar-refractivity contribution in [2.45, 2.75) is 57.7 Å². The maximum absolute atomic E-state index is 6.10. The smallest absolute Gasteiger partial charge is 0.0900 e. The Bertz CT molecular complexity index is 468. The summed E-state index contributed by atoms with van der Waals surface area (Å²) in [6.45, 7) is 7.39. The number of thiazole rings is 1. The molecule has 2 saturated heterocycles. The van der Waals surface area contributed by atoms with E-state index in [-0.39, 0.29) is 5.60 Å². The van der Waals surface area contributed by atoms with Gasteiger partial charge in [-0.1, -0.05) is 0 Å². The topological polar surface area (TPSA) is 34.2 Å². The number of hydrogen-bond acceptors (Lipinski definition) is 5. The van der Waals surface area contributed by atoms with E-state index in [1.807, 2.05) is 23.1 Å². The summed E-state index contributed by atoms with van der Waals surface area (Å²) in [7, 11) is 0. The summed E-state index contributed by atoms with van der Waals surface area (Å²) < 4.78 is 6.10. The van der Waals surface area contributed by atoms with Crippen LogP contribution in [0.5, 0.6) is 0 Å². The lowest BCUT2D eigenvalue weighted by Gasteiger charge is -2.39. The molecule has 0 aliphatic carbocycles. The average molecular weight is 313 g/mol. The second-order valence-electron chi connectivity index (χ2n) is 6.09. The molecule has 0 aromatic carbocycles. The Morgan fingerprint density at radius 2 is 2.30 bits per heavy atom. The fourth-order valence-corrected chi connectivity index (χ4v) is 5.73. The zero-order valence-corrected chi connectivity index (χ0v) is 14.2. The molecule has 3 rings (SSSR count). The second kappa shape index (κ2) is 5.95. The monoisotopic (exact) mass is 312 g/mol. The van der Waals surface area contributed by atoms with Gasteiger partial charge in [0.05, 0.1) is 16.3 Å². The number of nitrogens with zero attached hydrogens (tertiary/aromatic N) is 1. The van der Waals surface area contributed by atoms with E-state index in [4.69, 9.17) is 4.74 Å². The predicted octanol–water partition coefficient (Wildman–Crippen LogP) is 3.47. The first-order valence-electron chi connectivity index (χ1n) is 7.50. The van der Waals surface area contributed by atoms with Crippen LogP contribution in [0.4, 0.5) is 0 Å². The molecule has 2 fully saturated rings. The van der Waals surface area contributed by atoms with Gasteiger partial charge < -0.3 is 10.1 Å². The summed E-state index contributed by atoms with van der Waals surface area (Å²) in [5.74, 6) is 2.44. The van der Waals surface area contributed by atoms with E-state index in [1.165, 1.54) is 39.9 Å². The maximum Gasteiger partial charge on any atom is 0.0900 e. The van der Waals surface area contributed by atoms with Crippen molar-refractivity contribution in [2.24, 2.45) is 0 Å². The fraction of sp³-hybridized carbons (Fsp3) is 0.800. The maximum atomic E-state index is 6.10. The van der Waals surface area contributed by atoms with Gasteiger partial charge in [-0.05, 0) is 45.8 Å². The summed E-state index contributed by atoms with van der Waals surface area (Å²) >= 11 is 3.87. The molecule has 3 atom stereocenters. The minimum atomic E-state index is 0.166. The molecule has 2 aliphatic heterocycles. The standard InChI is InChI=1S/C15H24N2OS2/c1-10-14(20-12(3)16-10)11(2)17-13-4-6-18-15(8-13)5-7-19-9-15/h11,13,17H,4-9H2,1-3H3. The Kier molecular flexibility index (Phi) is 4.41. The van der Waals surface area contributed by atoms with Crippen LogP contribution in [-0.2, 0) is 4.74 Å². The van der Waals surface area contributed by atoms with Crippen molar-refractivity contribution in [1.29, 1.82) is 0 Å². The molecule has 0 amide bonds. The number of rotatable bonds is 3. The van der Waals surface area contributed by atoms with Gasteiger partial charge in [0, 0.05) is 29.3 Å². The first-order valence-corrected chi connectivity index (χ1v) is 9.47. The minimum Gasteiger partial charge on any atom is -0.374 e. The van der Waals surface area contributed by atoms with Gasteiger partial charge in [0.2, 0.25) is 0 Å². The SMILES string of the molecule is Cc1nc(C)c(C(C)NC2CCOC3(CCSC3)C2)s1. The largest absolute Gasteiger partial charge is 0.374 e. The van der Waals surface area contributed by atoms with Gasteiger partial charge in [-0.2, -0.15) is 11.8 Å². The van der Waals surface area contributed by atoms with Crippen LogP contribution in [0.25, 0.3) is 0 Å². The van der Waals surface area contributed by atoms with Gasteiger partial charge in [0.25, 0.3) is 0 Å². The molecule has 3 unspecified atom stereocenters. The number of thioether (sulfide) groups is 1. The van der Waals surface area contributed by atoms with Crippen molar-refractivity contribution in [3.63, 3.8) is 0 Å². The molecule has 0 saturated carbocycles. The van der Waals surface area contributed by atoms with Crippen molar-refractivity contribution >= 4 is 23.1 Å². The zero-order valence-electron chi connectivity index (χ0n) is 12.6. The van der Waals surface area contributed by atoms with E-state index < -0.39 is 0 Å². The lowest BCUT2D eigenvalue weighted by molar-refractivity contribution is -0.0711. The molecule has 1 N–H and O–H groups in total. The van der Waals surface area contributed by atoms with E-state index in [1.54, 1.807) is 0 Å². The van der Waals surface area contributed by atoms with Gasteiger partial charge in [-0.3, -0.25) is 0 Å². The van der Waals surface area contributed by atoms with Crippen molar-refractivity contribution in [3.05, 3.63) is 15.6 Å². The highest BCUT2D eigenvalue weighted by molar-refractivity contribution is 7.99. The molecular weight excluding hydrogens is 288 g/mol. The zero-order chi connectivity index (χ0) is 14.2. The molecule has 3 nitrogen and oxygen atoms in total. The van der Waals surface area contributed by atoms with E-state index >= 15 is 0 Å². The predicted molar refractivity (Wildman–Crippen MR) is 86.8 cm³/mol. The third-order valence-corrected chi connectivity index (χ3v) is 6.86. The molecule has 5 heteroatoms. The minimum absolute atomic E-state index is 0.166. The third kappa shape index (κ3) is 3.06. The number of aryl methyl sites for hydroxylation is 2. The van der Waals surface area contributed by atoms with Crippen molar-refractivity contribution in [1.82, 2.24) is 10.3 Å². The molecular formula is C15H24N2OS2. The van der Waals surface area contributed by atoms with Gasteiger partial charge >= 0.3 is 0 Å². The number of hydrogen-bond donors (Lipinski definition) is 1. The molecule has 1 aromatic rings. The van der Waals surface area contributed by atoms with Crippen LogP contribution in [0.15, 0.2) is 0 Å². The van der Waals surface area contributed by atoms with Crippen LogP contribution in [0, 0.1) is 13.8 Å². The molecule has 0 bridgehead atoms. The Morgan fingerprint density at radius 1 is 1.45 bits per heavy atom.